The Morgan fingerprint density at radius 1 is 1.03 bits per heavy atom. The Bertz CT molecular complexity index is 1290. The number of carboxylic acid groups (broad SMARTS) is 1. The van der Waals surface area contributed by atoms with Gasteiger partial charge in [0, 0.05) is 29.2 Å². The van der Waals surface area contributed by atoms with Crippen LogP contribution in [0.1, 0.15) is 51.5 Å². The second-order valence-electron chi connectivity index (χ2n) is 10.5. The Labute approximate surface area is 222 Å². The number of carbonyl (C=O) groups is 2. The van der Waals surface area contributed by atoms with Crippen LogP contribution in [0.3, 0.4) is 0 Å². The standard InChI is InChI=1S/C30H35FN4O3/c1-30(2,35-29(37)38)25-14-11-21(16-26(25)31)28-24(20-7-5-4-6-8-20)17-23(18-33-28)34-27(36)15-19-9-12-22(32-3)13-10-19/h4-8,11,14,16-19,22,32,35H,9-10,12-13,15H2,1-3H3,(H,34,36)(H,37,38). The van der Waals surface area contributed by atoms with Crippen LogP contribution in [0.2, 0.25) is 0 Å². The third-order valence-electron chi connectivity index (χ3n) is 7.32. The Kier molecular flexibility index (Phi) is 8.42. The second kappa shape index (κ2) is 11.7. The van der Waals surface area contributed by atoms with Crippen molar-refractivity contribution in [3.63, 3.8) is 0 Å². The van der Waals surface area contributed by atoms with E-state index in [2.05, 4.69) is 20.9 Å². The van der Waals surface area contributed by atoms with Gasteiger partial charge in [-0.15, -0.1) is 0 Å². The maximum absolute atomic E-state index is 15.2. The predicted octanol–water partition coefficient (Wildman–Crippen LogP) is 6.16. The summed E-state index contributed by atoms with van der Waals surface area (Å²) in [5.41, 5.74) is 2.47. The molecule has 1 aromatic heterocycles. The summed E-state index contributed by atoms with van der Waals surface area (Å²) in [6.07, 6.45) is 5.08. The zero-order valence-electron chi connectivity index (χ0n) is 22.1. The fourth-order valence-corrected chi connectivity index (χ4v) is 5.23. The number of pyridine rings is 1. The lowest BCUT2D eigenvalue weighted by molar-refractivity contribution is -0.117. The molecule has 3 aromatic rings. The topological polar surface area (TPSA) is 103 Å². The van der Waals surface area contributed by atoms with Gasteiger partial charge in [-0.05, 0) is 70.2 Å². The smallest absolute Gasteiger partial charge is 0.405 e. The maximum Gasteiger partial charge on any atom is 0.405 e. The lowest BCUT2D eigenvalue weighted by Crippen LogP contribution is -2.40. The number of amides is 2. The third-order valence-corrected chi connectivity index (χ3v) is 7.32. The highest BCUT2D eigenvalue weighted by Crippen LogP contribution is 2.35. The first kappa shape index (κ1) is 27.3. The molecule has 8 heteroatoms. The number of aromatic nitrogens is 1. The van der Waals surface area contributed by atoms with Gasteiger partial charge in [-0.25, -0.2) is 9.18 Å². The number of anilines is 1. The van der Waals surface area contributed by atoms with Gasteiger partial charge >= 0.3 is 6.09 Å². The number of rotatable bonds is 8. The Balaban J connectivity index is 1.60. The van der Waals surface area contributed by atoms with E-state index in [1.807, 2.05) is 43.4 Å². The monoisotopic (exact) mass is 518 g/mol. The Morgan fingerprint density at radius 2 is 1.74 bits per heavy atom. The highest BCUT2D eigenvalue weighted by molar-refractivity contribution is 5.93. The van der Waals surface area contributed by atoms with Gasteiger partial charge in [0.25, 0.3) is 0 Å². The fraction of sp³-hybridized carbons (Fsp3) is 0.367. The van der Waals surface area contributed by atoms with Crippen LogP contribution in [0.4, 0.5) is 14.9 Å². The highest BCUT2D eigenvalue weighted by atomic mass is 19.1. The number of benzene rings is 2. The van der Waals surface area contributed by atoms with E-state index in [9.17, 15) is 9.59 Å². The van der Waals surface area contributed by atoms with Crippen molar-refractivity contribution in [1.82, 2.24) is 15.6 Å². The average Bonchev–Trinajstić information content (AvgIpc) is 2.88. The van der Waals surface area contributed by atoms with E-state index in [-0.39, 0.29) is 11.5 Å². The van der Waals surface area contributed by atoms with E-state index in [1.54, 1.807) is 32.2 Å². The molecule has 0 unspecified atom stereocenters. The molecular formula is C30H35FN4O3. The van der Waals surface area contributed by atoms with E-state index < -0.39 is 17.4 Å². The van der Waals surface area contributed by atoms with Crippen LogP contribution in [0.5, 0.6) is 0 Å². The third kappa shape index (κ3) is 6.55. The van der Waals surface area contributed by atoms with Crippen molar-refractivity contribution in [2.75, 3.05) is 12.4 Å². The molecule has 0 saturated heterocycles. The molecule has 0 aliphatic heterocycles. The lowest BCUT2D eigenvalue weighted by atomic mass is 9.84. The molecule has 0 spiro atoms. The van der Waals surface area contributed by atoms with Gasteiger partial charge in [0.15, 0.2) is 0 Å². The summed E-state index contributed by atoms with van der Waals surface area (Å²) >= 11 is 0. The molecule has 1 saturated carbocycles. The largest absolute Gasteiger partial charge is 0.465 e. The molecule has 1 aliphatic carbocycles. The molecule has 2 amide bonds. The van der Waals surface area contributed by atoms with Crippen LogP contribution in [-0.2, 0) is 10.3 Å². The highest BCUT2D eigenvalue weighted by Gasteiger charge is 2.27. The van der Waals surface area contributed by atoms with Crippen LogP contribution in [0.15, 0.2) is 60.8 Å². The predicted molar refractivity (Wildman–Crippen MR) is 147 cm³/mol. The average molecular weight is 519 g/mol. The van der Waals surface area contributed by atoms with Crippen LogP contribution < -0.4 is 16.0 Å². The molecule has 0 radical (unpaired) electrons. The molecule has 4 N–H and O–H groups in total. The van der Waals surface area contributed by atoms with E-state index in [1.165, 1.54) is 6.07 Å². The Morgan fingerprint density at radius 3 is 2.37 bits per heavy atom. The number of halogens is 1. The van der Waals surface area contributed by atoms with Gasteiger partial charge < -0.3 is 21.1 Å². The zero-order valence-corrected chi connectivity index (χ0v) is 22.1. The molecule has 4 rings (SSSR count). The molecule has 1 aliphatic rings. The second-order valence-corrected chi connectivity index (χ2v) is 10.5. The van der Waals surface area contributed by atoms with Gasteiger partial charge in [-0.2, -0.15) is 0 Å². The molecule has 7 nitrogen and oxygen atoms in total. The summed E-state index contributed by atoms with van der Waals surface area (Å²) in [7, 11) is 1.99. The van der Waals surface area contributed by atoms with Gasteiger partial charge in [0.1, 0.15) is 5.82 Å². The molecule has 0 bridgehead atoms. The number of hydrogen-bond acceptors (Lipinski definition) is 4. The van der Waals surface area contributed by atoms with Crippen LogP contribution in [0.25, 0.3) is 22.4 Å². The van der Waals surface area contributed by atoms with Gasteiger partial charge in [-0.3, -0.25) is 9.78 Å². The first-order valence-electron chi connectivity index (χ1n) is 13.0. The molecule has 1 fully saturated rings. The number of nitrogens with one attached hydrogen (secondary N) is 3. The SMILES string of the molecule is CNC1CCC(CC(=O)Nc2cnc(-c3ccc(C(C)(C)NC(=O)O)c(F)c3)c(-c3ccccc3)c2)CC1. The lowest BCUT2D eigenvalue weighted by Gasteiger charge is -2.27. The number of carbonyl (C=O) groups excluding carboxylic acids is 1. The summed E-state index contributed by atoms with van der Waals surface area (Å²) < 4.78 is 15.2. The molecule has 1 heterocycles. The number of nitrogens with zero attached hydrogens (tertiary/aromatic N) is 1. The van der Waals surface area contributed by atoms with Crippen molar-refractivity contribution in [3.8, 4) is 22.4 Å². The summed E-state index contributed by atoms with van der Waals surface area (Å²) in [5.74, 6) is -0.191. The molecular weight excluding hydrogens is 483 g/mol. The van der Waals surface area contributed by atoms with Crippen molar-refractivity contribution in [3.05, 3.63) is 72.2 Å². The van der Waals surface area contributed by atoms with Crippen LogP contribution >= 0.6 is 0 Å². The van der Waals surface area contributed by atoms with Gasteiger partial charge in [0.2, 0.25) is 5.91 Å². The van der Waals surface area contributed by atoms with Crippen molar-refractivity contribution >= 4 is 17.7 Å². The first-order chi connectivity index (χ1) is 18.2. The first-order valence-corrected chi connectivity index (χ1v) is 13.0. The van der Waals surface area contributed by atoms with Gasteiger partial charge in [-0.1, -0.05) is 42.5 Å². The van der Waals surface area contributed by atoms with Crippen molar-refractivity contribution < 1.29 is 19.1 Å². The van der Waals surface area contributed by atoms with Gasteiger partial charge in [0.05, 0.1) is 23.1 Å². The minimum Gasteiger partial charge on any atom is -0.465 e. The zero-order chi connectivity index (χ0) is 27.3. The minimum atomic E-state index is -1.23. The van der Waals surface area contributed by atoms with Crippen molar-refractivity contribution in [2.45, 2.75) is 57.5 Å². The van der Waals surface area contributed by atoms with Crippen LogP contribution in [0, 0.1) is 11.7 Å². The van der Waals surface area contributed by atoms with Crippen LogP contribution in [-0.4, -0.2) is 35.2 Å². The summed E-state index contributed by atoms with van der Waals surface area (Å²) in [6, 6.07) is 16.7. The Hall–Kier alpha value is -3.78. The normalized spacial score (nSPS) is 17.6. The van der Waals surface area contributed by atoms with E-state index in [0.29, 0.717) is 35.3 Å². The summed E-state index contributed by atoms with van der Waals surface area (Å²) in [5, 5.41) is 17.8. The van der Waals surface area contributed by atoms with E-state index in [0.717, 1.165) is 36.8 Å². The van der Waals surface area contributed by atoms with E-state index >= 15 is 4.39 Å². The summed E-state index contributed by atoms with van der Waals surface area (Å²) in [4.78, 5) is 28.6. The van der Waals surface area contributed by atoms with E-state index in [4.69, 9.17) is 5.11 Å². The van der Waals surface area contributed by atoms with Crippen molar-refractivity contribution in [2.24, 2.45) is 5.92 Å². The molecule has 2 aromatic carbocycles. The minimum absolute atomic E-state index is 0.0324. The maximum atomic E-state index is 15.2. The molecule has 0 atom stereocenters. The molecule has 38 heavy (non-hydrogen) atoms. The van der Waals surface area contributed by atoms with Crippen molar-refractivity contribution in [1.29, 1.82) is 0 Å². The molecule has 200 valence electrons. The quantitative estimate of drug-likeness (QED) is 0.286. The number of hydrogen-bond donors (Lipinski definition) is 4. The fourth-order valence-electron chi connectivity index (χ4n) is 5.23. The summed E-state index contributed by atoms with van der Waals surface area (Å²) in [6.45, 7) is 3.22.